The topological polar surface area (TPSA) is 70.6 Å². The van der Waals surface area contributed by atoms with E-state index < -0.39 is 5.60 Å². The molecule has 3 rings (SSSR count). The zero-order valence-electron chi connectivity index (χ0n) is 12.0. The number of fused-ring (bicyclic) bond motifs is 1. The molecule has 116 valence electrons. The minimum Gasteiger partial charge on any atom is -0.387 e. The first kappa shape index (κ1) is 16.9. The quantitative estimate of drug-likeness (QED) is 0.400. The van der Waals surface area contributed by atoms with Gasteiger partial charge in [-0.2, -0.15) is 11.8 Å². The summed E-state index contributed by atoms with van der Waals surface area (Å²) in [6.07, 6.45) is 4.38. The summed E-state index contributed by atoms with van der Waals surface area (Å²) >= 11 is 1.77. The van der Waals surface area contributed by atoms with Gasteiger partial charge in [-0.15, -0.1) is 24.0 Å². The highest BCUT2D eigenvalue weighted by Crippen LogP contribution is 2.28. The van der Waals surface area contributed by atoms with Crippen LogP contribution >= 0.6 is 35.7 Å². The van der Waals surface area contributed by atoms with Gasteiger partial charge in [0, 0.05) is 11.4 Å². The van der Waals surface area contributed by atoms with Crippen molar-refractivity contribution in [1.29, 1.82) is 0 Å². The zero-order valence-corrected chi connectivity index (χ0v) is 15.1. The van der Waals surface area contributed by atoms with Gasteiger partial charge in [0.1, 0.15) is 0 Å². The summed E-state index contributed by atoms with van der Waals surface area (Å²) in [7, 11) is 0. The molecular weight excluding hydrogens is 397 g/mol. The van der Waals surface area contributed by atoms with E-state index in [1.165, 1.54) is 24.0 Å². The third kappa shape index (κ3) is 4.26. The normalized spacial score (nSPS) is 24.5. The third-order valence-corrected chi connectivity index (χ3v) is 5.23. The lowest BCUT2D eigenvalue weighted by Crippen LogP contribution is -2.34. The van der Waals surface area contributed by atoms with Crippen molar-refractivity contribution >= 4 is 47.4 Å². The lowest BCUT2D eigenvalue weighted by molar-refractivity contribution is 0.0780. The summed E-state index contributed by atoms with van der Waals surface area (Å²) in [4.78, 5) is 4.29. The molecule has 1 aromatic carbocycles. The molecule has 1 fully saturated rings. The monoisotopic (exact) mass is 419 g/mol. The van der Waals surface area contributed by atoms with Crippen LogP contribution in [-0.4, -0.2) is 34.7 Å². The first-order valence-corrected chi connectivity index (χ1v) is 8.29. The SMILES string of the molecule is I.NC(=NCC1(O)CCSC1)Nc1ccc2c(c1)CCC2. The van der Waals surface area contributed by atoms with Crippen molar-refractivity contribution < 1.29 is 5.11 Å². The van der Waals surface area contributed by atoms with Crippen molar-refractivity contribution in [2.75, 3.05) is 23.4 Å². The molecule has 0 radical (unpaired) electrons. The molecule has 6 heteroatoms. The summed E-state index contributed by atoms with van der Waals surface area (Å²) < 4.78 is 0. The van der Waals surface area contributed by atoms with Crippen molar-refractivity contribution in [3.8, 4) is 0 Å². The third-order valence-electron chi connectivity index (χ3n) is 4.00. The number of hydrogen-bond acceptors (Lipinski definition) is 3. The fourth-order valence-electron chi connectivity index (χ4n) is 2.79. The van der Waals surface area contributed by atoms with E-state index in [0.29, 0.717) is 12.5 Å². The Morgan fingerprint density at radius 2 is 2.19 bits per heavy atom. The van der Waals surface area contributed by atoms with E-state index in [1.807, 2.05) is 6.07 Å². The van der Waals surface area contributed by atoms with Crippen LogP contribution < -0.4 is 11.1 Å². The Kier molecular flexibility index (Phi) is 5.79. The number of aryl methyl sites for hydroxylation is 2. The summed E-state index contributed by atoms with van der Waals surface area (Å²) in [5.74, 6) is 2.14. The van der Waals surface area contributed by atoms with Crippen LogP contribution in [0.25, 0.3) is 0 Å². The average Bonchev–Trinajstić information content (AvgIpc) is 3.05. The number of thioether (sulfide) groups is 1. The van der Waals surface area contributed by atoms with E-state index in [2.05, 4.69) is 22.4 Å². The number of benzene rings is 1. The van der Waals surface area contributed by atoms with Gasteiger partial charge in [-0.3, -0.25) is 4.99 Å². The van der Waals surface area contributed by atoms with Crippen LogP contribution in [0.4, 0.5) is 5.69 Å². The van der Waals surface area contributed by atoms with Crippen LogP contribution in [0.3, 0.4) is 0 Å². The first-order valence-electron chi connectivity index (χ1n) is 7.14. The Balaban J connectivity index is 0.00000161. The molecule has 0 amide bonds. The number of nitrogens with two attached hydrogens (primary N) is 1. The molecule has 1 aromatic rings. The molecular formula is C15H22IN3OS. The molecule has 1 saturated heterocycles. The maximum atomic E-state index is 10.2. The molecule has 0 spiro atoms. The molecule has 1 heterocycles. The van der Waals surface area contributed by atoms with Gasteiger partial charge < -0.3 is 16.2 Å². The molecule has 0 saturated carbocycles. The van der Waals surface area contributed by atoms with Crippen LogP contribution in [-0.2, 0) is 12.8 Å². The summed E-state index contributed by atoms with van der Waals surface area (Å²) in [6, 6.07) is 6.37. The second-order valence-corrected chi connectivity index (χ2v) is 6.80. The largest absolute Gasteiger partial charge is 0.387 e. The molecule has 4 N–H and O–H groups in total. The van der Waals surface area contributed by atoms with Crippen molar-refractivity contribution in [1.82, 2.24) is 0 Å². The molecule has 1 unspecified atom stereocenters. The van der Waals surface area contributed by atoms with Crippen molar-refractivity contribution in [2.24, 2.45) is 10.7 Å². The standard InChI is InChI=1S/C15H21N3OS.HI/c16-14(17-9-15(19)6-7-20-10-15)18-13-5-4-11-2-1-3-12(11)8-13;/h4-5,8,19H,1-3,6-7,9-10H2,(H3,16,17,18);1H. The first-order chi connectivity index (χ1) is 9.65. The highest BCUT2D eigenvalue weighted by atomic mass is 127. The van der Waals surface area contributed by atoms with Gasteiger partial charge in [-0.05, 0) is 54.7 Å². The fourth-order valence-corrected chi connectivity index (χ4v) is 4.07. The molecule has 2 aliphatic rings. The highest BCUT2D eigenvalue weighted by molar-refractivity contribution is 14.0. The highest BCUT2D eigenvalue weighted by Gasteiger charge is 2.31. The van der Waals surface area contributed by atoms with Crippen LogP contribution in [0.5, 0.6) is 0 Å². The van der Waals surface area contributed by atoms with Crippen LogP contribution in [0.2, 0.25) is 0 Å². The Labute approximate surface area is 147 Å². The average molecular weight is 419 g/mol. The number of hydrogen-bond donors (Lipinski definition) is 3. The maximum absolute atomic E-state index is 10.2. The molecule has 0 bridgehead atoms. The number of halogens is 1. The number of nitrogens with one attached hydrogen (secondary N) is 1. The molecule has 1 aliphatic heterocycles. The zero-order chi connectivity index (χ0) is 14.0. The molecule has 1 atom stereocenters. The molecule has 4 nitrogen and oxygen atoms in total. The van der Waals surface area contributed by atoms with Crippen LogP contribution in [0, 0.1) is 0 Å². The number of nitrogens with zero attached hydrogens (tertiary/aromatic N) is 1. The molecule has 21 heavy (non-hydrogen) atoms. The summed E-state index contributed by atoms with van der Waals surface area (Å²) in [5, 5.41) is 13.3. The number of anilines is 1. The minimum atomic E-state index is -0.672. The predicted molar refractivity (Wildman–Crippen MR) is 101 cm³/mol. The summed E-state index contributed by atoms with van der Waals surface area (Å²) in [5.41, 5.74) is 9.08. The van der Waals surface area contributed by atoms with E-state index in [4.69, 9.17) is 5.73 Å². The van der Waals surface area contributed by atoms with Gasteiger partial charge in [0.05, 0.1) is 12.1 Å². The van der Waals surface area contributed by atoms with Crippen molar-refractivity contribution in [3.63, 3.8) is 0 Å². The second kappa shape index (κ2) is 7.19. The molecule has 0 aromatic heterocycles. The van der Waals surface area contributed by atoms with Crippen LogP contribution in [0.1, 0.15) is 24.0 Å². The summed E-state index contributed by atoms with van der Waals surface area (Å²) in [6.45, 7) is 0.379. The Morgan fingerprint density at radius 1 is 1.38 bits per heavy atom. The van der Waals surface area contributed by atoms with Gasteiger partial charge >= 0.3 is 0 Å². The predicted octanol–water partition coefficient (Wildman–Crippen LogP) is 2.39. The Bertz CT molecular complexity index is 530. The van der Waals surface area contributed by atoms with Gasteiger partial charge in [0.15, 0.2) is 5.96 Å². The maximum Gasteiger partial charge on any atom is 0.193 e. The smallest absolute Gasteiger partial charge is 0.193 e. The number of aliphatic imine (C=N–C) groups is 1. The second-order valence-electron chi connectivity index (χ2n) is 5.69. The lowest BCUT2D eigenvalue weighted by atomic mass is 10.1. The Morgan fingerprint density at radius 3 is 2.95 bits per heavy atom. The van der Waals surface area contributed by atoms with E-state index in [0.717, 1.165) is 30.0 Å². The van der Waals surface area contributed by atoms with Crippen molar-refractivity contribution in [2.45, 2.75) is 31.3 Å². The van der Waals surface area contributed by atoms with E-state index in [9.17, 15) is 5.11 Å². The van der Waals surface area contributed by atoms with Crippen molar-refractivity contribution in [3.05, 3.63) is 29.3 Å². The van der Waals surface area contributed by atoms with Crippen LogP contribution in [0.15, 0.2) is 23.2 Å². The lowest BCUT2D eigenvalue weighted by Gasteiger charge is -2.18. The van der Waals surface area contributed by atoms with Gasteiger partial charge in [-0.25, -0.2) is 0 Å². The van der Waals surface area contributed by atoms with E-state index in [-0.39, 0.29) is 24.0 Å². The minimum absolute atomic E-state index is 0. The van der Waals surface area contributed by atoms with E-state index in [1.54, 1.807) is 11.8 Å². The number of aliphatic hydroxyl groups is 1. The van der Waals surface area contributed by atoms with Gasteiger partial charge in [-0.1, -0.05) is 6.07 Å². The number of guanidine groups is 1. The number of rotatable bonds is 3. The van der Waals surface area contributed by atoms with E-state index >= 15 is 0 Å². The van der Waals surface area contributed by atoms with Gasteiger partial charge in [0.2, 0.25) is 0 Å². The Hall–Kier alpha value is -0.470. The molecule has 1 aliphatic carbocycles. The fraction of sp³-hybridized carbons (Fsp3) is 0.533. The van der Waals surface area contributed by atoms with Gasteiger partial charge in [0.25, 0.3) is 0 Å².